The second kappa shape index (κ2) is 12.0. The summed E-state index contributed by atoms with van der Waals surface area (Å²) < 4.78 is 18.2. The van der Waals surface area contributed by atoms with Crippen LogP contribution < -0.4 is 19.5 Å². The van der Waals surface area contributed by atoms with Gasteiger partial charge in [-0.2, -0.15) is 5.10 Å². The van der Waals surface area contributed by atoms with Crippen molar-refractivity contribution >= 4 is 29.9 Å². The van der Waals surface area contributed by atoms with Gasteiger partial charge in [0.25, 0.3) is 0 Å². The van der Waals surface area contributed by atoms with Crippen LogP contribution >= 0.6 is 24.0 Å². The largest absolute Gasteiger partial charge is 0.493 e. The van der Waals surface area contributed by atoms with Gasteiger partial charge in [0.05, 0.1) is 33.6 Å². The molecule has 1 saturated heterocycles. The minimum Gasteiger partial charge on any atom is -0.493 e. The molecule has 0 unspecified atom stereocenters. The van der Waals surface area contributed by atoms with Crippen LogP contribution in [0.15, 0.2) is 29.4 Å². The summed E-state index contributed by atoms with van der Waals surface area (Å²) in [4.78, 5) is 9.17. The fraction of sp³-hybridized carbons (Fsp3) is 0.524. The third kappa shape index (κ3) is 6.16. The Morgan fingerprint density at radius 1 is 1.06 bits per heavy atom. The molecule has 10 heteroatoms. The summed E-state index contributed by atoms with van der Waals surface area (Å²) in [5, 5.41) is 7.65. The van der Waals surface area contributed by atoms with Crippen molar-refractivity contribution in [2.75, 3.05) is 54.6 Å². The van der Waals surface area contributed by atoms with Crippen molar-refractivity contribution in [3.63, 3.8) is 0 Å². The molecule has 31 heavy (non-hydrogen) atoms. The fourth-order valence-corrected chi connectivity index (χ4v) is 3.68. The van der Waals surface area contributed by atoms with Crippen LogP contribution in [0.3, 0.4) is 0 Å². The summed E-state index contributed by atoms with van der Waals surface area (Å²) in [5.41, 5.74) is 2.26. The van der Waals surface area contributed by atoms with E-state index in [1.54, 1.807) is 21.3 Å². The molecule has 1 aliphatic heterocycles. The van der Waals surface area contributed by atoms with E-state index in [0.717, 1.165) is 49.9 Å². The molecule has 1 aromatic carbocycles. The van der Waals surface area contributed by atoms with Crippen molar-refractivity contribution < 1.29 is 14.2 Å². The van der Waals surface area contributed by atoms with Crippen LogP contribution in [-0.4, -0.2) is 80.1 Å². The van der Waals surface area contributed by atoms with Gasteiger partial charge in [-0.15, -0.1) is 24.0 Å². The second-order valence-electron chi connectivity index (χ2n) is 7.14. The molecule has 3 rings (SSSR count). The highest BCUT2D eigenvalue weighted by Gasteiger charge is 2.21. The number of piperazine rings is 1. The zero-order chi connectivity index (χ0) is 21.5. The normalized spacial score (nSPS) is 14.7. The van der Waals surface area contributed by atoms with E-state index in [-0.39, 0.29) is 24.0 Å². The summed E-state index contributed by atoms with van der Waals surface area (Å²) >= 11 is 0. The maximum atomic E-state index is 5.48. The van der Waals surface area contributed by atoms with Crippen molar-refractivity contribution in [3.05, 3.63) is 35.7 Å². The number of nitrogens with one attached hydrogen (secondary N) is 1. The second-order valence-corrected chi connectivity index (χ2v) is 7.14. The van der Waals surface area contributed by atoms with Gasteiger partial charge in [-0.3, -0.25) is 14.6 Å². The number of methoxy groups -OCH3 is 3. The lowest BCUT2D eigenvalue weighted by atomic mass is 10.1. The number of nitrogens with zero attached hydrogens (tertiary/aromatic N) is 5. The summed E-state index contributed by atoms with van der Waals surface area (Å²) in [6.07, 6.45) is 1.81. The highest BCUT2D eigenvalue weighted by molar-refractivity contribution is 14.0. The average molecular weight is 544 g/mol. The number of aryl methyl sites for hydroxylation is 1. The molecule has 0 aliphatic carbocycles. The highest BCUT2D eigenvalue weighted by atomic mass is 127. The summed E-state index contributed by atoms with van der Waals surface area (Å²) in [6.45, 7) is 5.25. The van der Waals surface area contributed by atoms with Crippen molar-refractivity contribution in [2.45, 2.75) is 13.1 Å². The first-order valence-corrected chi connectivity index (χ1v) is 10.0. The van der Waals surface area contributed by atoms with E-state index in [1.807, 2.05) is 43.2 Å². The molecule has 0 bridgehead atoms. The fourth-order valence-electron chi connectivity index (χ4n) is 3.68. The Morgan fingerprint density at radius 2 is 1.71 bits per heavy atom. The Kier molecular flexibility index (Phi) is 9.69. The number of halogens is 1. The third-order valence-corrected chi connectivity index (χ3v) is 5.36. The lowest BCUT2D eigenvalue weighted by Crippen LogP contribution is -2.52. The van der Waals surface area contributed by atoms with E-state index in [9.17, 15) is 0 Å². The van der Waals surface area contributed by atoms with Crippen LogP contribution in [0.1, 0.15) is 11.3 Å². The Bertz CT molecular complexity index is 840. The maximum Gasteiger partial charge on any atom is 0.203 e. The van der Waals surface area contributed by atoms with Gasteiger partial charge >= 0.3 is 0 Å². The van der Waals surface area contributed by atoms with E-state index in [2.05, 4.69) is 25.2 Å². The van der Waals surface area contributed by atoms with Gasteiger partial charge in [-0.25, -0.2) is 0 Å². The zero-order valence-corrected chi connectivity index (χ0v) is 21.3. The Morgan fingerprint density at radius 3 is 2.19 bits per heavy atom. The van der Waals surface area contributed by atoms with Gasteiger partial charge < -0.3 is 24.4 Å². The predicted molar refractivity (Wildman–Crippen MR) is 132 cm³/mol. The lowest BCUT2D eigenvalue weighted by molar-refractivity contribution is 0.172. The number of hydrogen-bond donors (Lipinski definition) is 1. The van der Waals surface area contributed by atoms with Crippen LogP contribution in [0.25, 0.3) is 0 Å². The number of aromatic nitrogens is 2. The average Bonchev–Trinajstić information content (AvgIpc) is 3.19. The molecule has 9 nitrogen and oxygen atoms in total. The van der Waals surface area contributed by atoms with E-state index in [1.165, 1.54) is 0 Å². The number of hydrogen-bond acceptors (Lipinski definition) is 6. The molecule has 1 N–H and O–H groups in total. The van der Waals surface area contributed by atoms with Crippen LogP contribution in [-0.2, 0) is 20.1 Å². The minimum absolute atomic E-state index is 0. The van der Waals surface area contributed by atoms with Gasteiger partial charge in [0.2, 0.25) is 5.75 Å². The van der Waals surface area contributed by atoms with Crippen molar-refractivity contribution in [2.24, 2.45) is 12.0 Å². The molecular weight excluding hydrogens is 511 g/mol. The van der Waals surface area contributed by atoms with Crippen molar-refractivity contribution in [3.8, 4) is 17.2 Å². The van der Waals surface area contributed by atoms with Gasteiger partial charge in [-0.1, -0.05) is 0 Å². The third-order valence-electron chi connectivity index (χ3n) is 5.36. The topological polar surface area (TPSA) is 76.4 Å². The zero-order valence-electron chi connectivity index (χ0n) is 18.9. The van der Waals surface area contributed by atoms with Crippen LogP contribution in [0.4, 0.5) is 0 Å². The van der Waals surface area contributed by atoms with Crippen LogP contribution in [0.2, 0.25) is 0 Å². The number of benzene rings is 1. The lowest BCUT2D eigenvalue weighted by Gasteiger charge is -2.36. The van der Waals surface area contributed by atoms with Gasteiger partial charge in [0.15, 0.2) is 17.5 Å². The molecule has 0 atom stereocenters. The molecular formula is C21H33IN6O3. The number of aliphatic imine (C=N–C) groups is 1. The molecule has 2 aromatic rings. The Labute approximate surface area is 201 Å². The molecule has 1 aromatic heterocycles. The Balaban J connectivity index is 0.00000341. The summed E-state index contributed by atoms with van der Waals surface area (Å²) in [7, 11) is 8.68. The van der Waals surface area contributed by atoms with E-state index < -0.39 is 0 Å². The first kappa shape index (κ1) is 25.1. The van der Waals surface area contributed by atoms with Crippen molar-refractivity contribution in [1.29, 1.82) is 0 Å². The van der Waals surface area contributed by atoms with Crippen LogP contribution in [0.5, 0.6) is 17.2 Å². The quantitative estimate of drug-likeness (QED) is 0.325. The summed E-state index contributed by atoms with van der Waals surface area (Å²) in [5.74, 6) is 2.91. The molecule has 0 radical (unpaired) electrons. The van der Waals surface area contributed by atoms with E-state index in [0.29, 0.717) is 23.8 Å². The molecule has 0 spiro atoms. The number of ether oxygens (including phenoxy) is 3. The van der Waals surface area contributed by atoms with Gasteiger partial charge in [-0.05, 0) is 23.8 Å². The first-order chi connectivity index (χ1) is 14.6. The molecule has 1 fully saturated rings. The van der Waals surface area contributed by atoms with E-state index in [4.69, 9.17) is 14.2 Å². The maximum absolute atomic E-state index is 5.48. The van der Waals surface area contributed by atoms with Gasteiger partial charge in [0, 0.05) is 53.0 Å². The van der Waals surface area contributed by atoms with Gasteiger partial charge in [0.1, 0.15) is 0 Å². The summed E-state index contributed by atoms with van der Waals surface area (Å²) in [6, 6.07) is 6.04. The molecule has 172 valence electrons. The highest BCUT2D eigenvalue weighted by Crippen LogP contribution is 2.38. The smallest absolute Gasteiger partial charge is 0.203 e. The first-order valence-electron chi connectivity index (χ1n) is 10.0. The number of guanidine groups is 1. The minimum atomic E-state index is 0. The number of rotatable bonds is 7. The van der Waals surface area contributed by atoms with E-state index >= 15 is 0 Å². The molecule has 2 heterocycles. The monoisotopic (exact) mass is 544 g/mol. The standard InChI is InChI=1S/C21H32N6O3.HI/c1-22-21(23-14-17-6-7-24-25(17)2)27-10-8-26(9-11-27)15-16-12-18(28-3)20(30-5)19(13-16)29-4;/h6-7,12-13H,8-11,14-15H2,1-5H3,(H,22,23);1H. The Hall–Kier alpha value is -2.21. The van der Waals surface area contributed by atoms with Crippen molar-refractivity contribution in [1.82, 2.24) is 24.9 Å². The SMILES string of the molecule is CN=C(NCc1ccnn1C)N1CCN(Cc2cc(OC)c(OC)c(OC)c2)CC1.I. The predicted octanol–water partition coefficient (Wildman–Crippen LogP) is 1.96. The van der Waals surface area contributed by atoms with Crippen LogP contribution in [0, 0.1) is 0 Å². The molecule has 0 amide bonds. The molecule has 0 saturated carbocycles. The molecule has 1 aliphatic rings.